The highest BCUT2D eigenvalue weighted by Crippen LogP contribution is 2.37. The van der Waals surface area contributed by atoms with E-state index in [0.717, 1.165) is 17.5 Å². The number of benzene rings is 1. The molecule has 0 atom stereocenters. The molecular formula is C22H27ClN2O5. The van der Waals surface area contributed by atoms with Gasteiger partial charge in [-0.15, -0.1) is 0 Å². The summed E-state index contributed by atoms with van der Waals surface area (Å²) in [6.45, 7) is 8.60. The molecule has 1 aliphatic rings. The van der Waals surface area contributed by atoms with Crippen LogP contribution in [0, 0.1) is 5.41 Å². The molecule has 2 aromatic rings. The Bertz CT molecular complexity index is 1010. The number of fused-ring (bicyclic) bond motifs is 3. The number of nitrogens with zero attached hydrogens (tertiary/aromatic N) is 2. The predicted octanol–water partition coefficient (Wildman–Crippen LogP) is 3.78. The van der Waals surface area contributed by atoms with Crippen molar-refractivity contribution in [3.63, 3.8) is 0 Å². The van der Waals surface area contributed by atoms with Crippen molar-refractivity contribution in [2.24, 2.45) is 5.41 Å². The van der Waals surface area contributed by atoms with Crippen LogP contribution >= 0.6 is 11.6 Å². The first-order chi connectivity index (χ1) is 14.1. The van der Waals surface area contributed by atoms with Crippen LogP contribution in [0.15, 0.2) is 29.2 Å². The van der Waals surface area contributed by atoms with E-state index in [9.17, 15) is 14.7 Å². The van der Waals surface area contributed by atoms with Crippen molar-refractivity contribution in [1.82, 2.24) is 4.68 Å². The number of methoxy groups -OCH3 is 1. The minimum Gasteiger partial charge on any atom is -0.492 e. The Morgan fingerprint density at radius 1 is 1.23 bits per heavy atom. The van der Waals surface area contributed by atoms with Crippen molar-refractivity contribution in [1.29, 1.82) is 0 Å². The summed E-state index contributed by atoms with van der Waals surface area (Å²) in [5.41, 5.74) is 1.53. The fourth-order valence-electron chi connectivity index (χ4n) is 3.53. The molecule has 0 bridgehead atoms. The first kappa shape index (κ1) is 22.2. The molecule has 8 heteroatoms. The fourth-order valence-corrected chi connectivity index (χ4v) is 3.75. The van der Waals surface area contributed by atoms with E-state index in [1.54, 1.807) is 17.9 Å². The van der Waals surface area contributed by atoms with Crippen molar-refractivity contribution in [3.8, 4) is 17.0 Å². The Morgan fingerprint density at radius 3 is 2.60 bits per heavy atom. The second-order valence-corrected chi connectivity index (χ2v) is 9.01. The smallest absolute Gasteiger partial charge is 0.341 e. The maximum absolute atomic E-state index is 12.4. The number of carboxylic acid groups (broad SMARTS) is 1. The summed E-state index contributed by atoms with van der Waals surface area (Å²) in [6.07, 6.45) is 2.15. The normalized spacial score (nSPS) is 13.0. The van der Waals surface area contributed by atoms with E-state index in [4.69, 9.17) is 21.1 Å². The first-order valence-corrected chi connectivity index (χ1v) is 10.2. The molecule has 7 nitrogen and oxygen atoms in total. The number of carboxylic acids is 1. The second kappa shape index (κ2) is 8.70. The molecule has 1 aliphatic heterocycles. The maximum atomic E-state index is 12.4. The van der Waals surface area contributed by atoms with Crippen molar-refractivity contribution < 1.29 is 19.4 Å². The number of halogens is 1. The van der Waals surface area contributed by atoms with Gasteiger partial charge in [-0.3, -0.25) is 9.47 Å². The highest BCUT2D eigenvalue weighted by molar-refractivity contribution is 6.32. The zero-order chi connectivity index (χ0) is 22.1. The van der Waals surface area contributed by atoms with Gasteiger partial charge in [0.2, 0.25) is 0 Å². The number of hydrogen-bond donors (Lipinski definition) is 1. The molecule has 0 fully saturated rings. The summed E-state index contributed by atoms with van der Waals surface area (Å²) in [5.74, 6) is -0.658. The molecule has 0 amide bonds. The molecule has 0 unspecified atom stereocenters. The Kier molecular flexibility index (Phi) is 6.43. The van der Waals surface area contributed by atoms with Crippen LogP contribution in [0.1, 0.15) is 43.1 Å². The number of hydrogen-bond acceptors (Lipinski definition) is 5. The van der Waals surface area contributed by atoms with Crippen LogP contribution in [0.25, 0.3) is 11.3 Å². The summed E-state index contributed by atoms with van der Waals surface area (Å²) in [7, 11) is 1.64. The van der Waals surface area contributed by atoms with Gasteiger partial charge in [0.25, 0.3) is 0 Å². The lowest BCUT2D eigenvalue weighted by Gasteiger charge is -2.39. The number of pyridine rings is 1. The summed E-state index contributed by atoms with van der Waals surface area (Å²) in [6, 6.07) is 5.05. The van der Waals surface area contributed by atoms with E-state index in [0.29, 0.717) is 42.8 Å². The average Bonchev–Trinajstić information content (AvgIpc) is 2.64. The third-order valence-electron chi connectivity index (χ3n) is 4.76. The van der Waals surface area contributed by atoms with Crippen molar-refractivity contribution >= 4 is 17.6 Å². The minimum atomic E-state index is -1.24. The lowest BCUT2D eigenvalue weighted by Crippen LogP contribution is -2.44. The fraction of sp³-hybridized carbons (Fsp3) is 0.455. The van der Waals surface area contributed by atoms with Gasteiger partial charge in [-0.25, -0.2) is 4.79 Å². The SMILES string of the molecule is COCCCOc1cc2c(cc1Cl)-c1cc(=O)c(C(=O)O)cn1N(CC(C)(C)C)C2. The van der Waals surface area contributed by atoms with Crippen molar-refractivity contribution in [3.05, 3.63) is 50.8 Å². The van der Waals surface area contributed by atoms with Gasteiger partial charge in [0.05, 0.1) is 23.9 Å². The highest BCUT2D eigenvalue weighted by Gasteiger charge is 2.28. The van der Waals surface area contributed by atoms with Crippen LogP contribution in [-0.4, -0.2) is 42.6 Å². The molecule has 0 aliphatic carbocycles. The van der Waals surface area contributed by atoms with E-state index in [2.05, 4.69) is 20.8 Å². The molecule has 0 saturated carbocycles. The highest BCUT2D eigenvalue weighted by atomic mass is 35.5. The Morgan fingerprint density at radius 2 is 1.97 bits per heavy atom. The van der Waals surface area contributed by atoms with Gasteiger partial charge in [-0.05, 0) is 23.1 Å². The third kappa shape index (κ3) is 4.79. The molecule has 3 rings (SSSR count). The van der Waals surface area contributed by atoms with Gasteiger partial charge in [-0.2, -0.15) is 0 Å². The lowest BCUT2D eigenvalue weighted by atomic mass is 9.95. The molecule has 162 valence electrons. The number of aromatic carboxylic acids is 1. The molecular weight excluding hydrogens is 408 g/mol. The van der Waals surface area contributed by atoms with Gasteiger partial charge in [0, 0.05) is 44.5 Å². The molecule has 1 aromatic heterocycles. The van der Waals surface area contributed by atoms with Crippen LogP contribution in [0.2, 0.25) is 5.02 Å². The van der Waals surface area contributed by atoms with E-state index < -0.39 is 11.4 Å². The molecule has 1 N–H and O–H groups in total. The van der Waals surface area contributed by atoms with Gasteiger partial charge < -0.3 is 19.6 Å². The summed E-state index contributed by atoms with van der Waals surface area (Å²) in [4.78, 5) is 23.9. The Hall–Kier alpha value is -2.51. The standard InChI is InChI=1S/C22H27ClN2O5/c1-22(2,3)13-24-11-14-8-20(30-7-5-6-29-4)17(23)9-15(14)18-10-19(26)16(21(27)28)12-25(18)24/h8-10,12H,5-7,11,13H2,1-4H3,(H,27,28). The zero-order valence-corrected chi connectivity index (χ0v) is 18.5. The van der Waals surface area contributed by atoms with E-state index in [1.165, 1.54) is 12.3 Å². The average molecular weight is 435 g/mol. The Balaban J connectivity index is 2.07. The third-order valence-corrected chi connectivity index (χ3v) is 5.06. The largest absolute Gasteiger partial charge is 0.492 e. The van der Waals surface area contributed by atoms with Gasteiger partial charge in [-0.1, -0.05) is 32.4 Å². The summed E-state index contributed by atoms with van der Waals surface area (Å²) >= 11 is 6.45. The zero-order valence-electron chi connectivity index (χ0n) is 17.7. The van der Waals surface area contributed by atoms with Gasteiger partial charge in [0.1, 0.15) is 11.3 Å². The Labute approximate surface area is 180 Å². The topological polar surface area (TPSA) is 81.0 Å². The number of carbonyl (C=O) groups is 1. The molecule has 2 heterocycles. The quantitative estimate of drug-likeness (QED) is 0.668. The summed E-state index contributed by atoms with van der Waals surface area (Å²) in [5, 5.41) is 11.9. The van der Waals surface area contributed by atoms with Crippen molar-refractivity contribution in [2.75, 3.05) is 31.9 Å². The number of ether oxygens (including phenoxy) is 2. The molecule has 0 saturated heterocycles. The monoisotopic (exact) mass is 434 g/mol. The van der Waals surface area contributed by atoms with Crippen molar-refractivity contribution in [2.45, 2.75) is 33.7 Å². The molecule has 30 heavy (non-hydrogen) atoms. The molecule has 0 radical (unpaired) electrons. The number of rotatable bonds is 7. The van der Waals surface area contributed by atoms with Crippen LogP contribution < -0.4 is 15.2 Å². The van der Waals surface area contributed by atoms with Crippen LogP contribution in [0.3, 0.4) is 0 Å². The second-order valence-electron chi connectivity index (χ2n) is 8.60. The maximum Gasteiger partial charge on any atom is 0.341 e. The van der Waals surface area contributed by atoms with Crippen LogP contribution in [0.4, 0.5) is 0 Å². The number of aromatic nitrogens is 1. The van der Waals surface area contributed by atoms with Gasteiger partial charge in [0.15, 0.2) is 5.43 Å². The minimum absolute atomic E-state index is 0.0484. The van der Waals surface area contributed by atoms with Crippen LogP contribution in [0.5, 0.6) is 5.75 Å². The van der Waals surface area contributed by atoms with E-state index in [1.807, 2.05) is 11.1 Å². The predicted molar refractivity (Wildman–Crippen MR) is 116 cm³/mol. The lowest BCUT2D eigenvalue weighted by molar-refractivity contribution is 0.0694. The van der Waals surface area contributed by atoms with E-state index >= 15 is 0 Å². The van der Waals surface area contributed by atoms with Gasteiger partial charge >= 0.3 is 5.97 Å². The van der Waals surface area contributed by atoms with E-state index in [-0.39, 0.29) is 11.0 Å². The first-order valence-electron chi connectivity index (χ1n) is 9.80. The molecule has 0 spiro atoms. The molecule has 1 aromatic carbocycles. The summed E-state index contributed by atoms with van der Waals surface area (Å²) < 4.78 is 12.6. The van der Waals surface area contributed by atoms with Crippen LogP contribution in [-0.2, 0) is 11.3 Å².